The Labute approximate surface area is 101 Å². The fraction of sp³-hybridized carbons (Fsp3) is 0.667. The maximum absolute atomic E-state index is 5.88. The summed E-state index contributed by atoms with van der Waals surface area (Å²) in [6.07, 6.45) is 5.99. The van der Waals surface area contributed by atoms with Gasteiger partial charge in [-0.1, -0.05) is 37.8 Å². The van der Waals surface area contributed by atoms with Crippen molar-refractivity contribution < 1.29 is 4.74 Å². The molecule has 0 saturated heterocycles. The number of ether oxygens (including phenoxy) is 1. The zero-order valence-electron chi connectivity index (χ0n) is 9.58. The molecular formula is C12H17ClN2O. The van der Waals surface area contributed by atoms with Crippen molar-refractivity contribution in [1.82, 2.24) is 9.97 Å². The number of halogens is 1. The molecule has 4 heteroatoms. The molecule has 0 atom stereocenters. The predicted octanol–water partition coefficient (Wildman–Crippen LogP) is 3.26. The molecule has 0 radical (unpaired) electrons. The topological polar surface area (TPSA) is 35.0 Å². The third-order valence-electron chi connectivity index (χ3n) is 3.03. The Morgan fingerprint density at radius 2 is 2.25 bits per heavy atom. The largest absolute Gasteiger partial charge is 0.478 e. The van der Waals surface area contributed by atoms with E-state index in [1.54, 1.807) is 6.07 Å². The van der Waals surface area contributed by atoms with Crippen molar-refractivity contribution in [3.8, 4) is 5.88 Å². The average Bonchev–Trinajstić information content (AvgIpc) is 2.21. The number of aryl methyl sites for hydroxylation is 1. The van der Waals surface area contributed by atoms with Crippen molar-refractivity contribution in [3.63, 3.8) is 0 Å². The highest BCUT2D eigenvalue weighted by molar-refractivity contribution is 6.29. The van der Waals surface area contributed by atoms with Crippen LogP contribution in [-0.2, 0) is 6.42 Å². The number of rotatable bonds is 5. The van der Waals surface area contributed by atoms with Gasteiger partial charge in [-0.2, -0.15) is 4.98 Å². The lowest BCUT2D eigenvalue weighted by Crippen LogP contribution is -2.14. The Hall–Kier alpha value is -0.830. The first-order valence-corrected chi connectivity index (χ1v) is 6.32. The van der Waals surface area contributed by atoms with E-state index in [1.165, 1.54) is 19.3 Å². The molecule has 1 aromatic heterocycles. The monoisotopic (exact) mass is 240 g/mol. The van der Waals surface area contributed by atoms with E-state index in [0.29, 0.717) is 11.0 Å². The van der Waals surface area contributed by atoms with Crippen LogP contribution in [0.3, 0.4) is 0 Å². The first kappa shape index (κ1) is 11.6. The Balaban J connectivity index is 1.84. The van der Waals surface area contributed by atoms with Gasteiger partial charge >= 0.3 is 0 Å². The summed E-state index contributed by atoms with van der Waals surface area (Å²) in [6.45, 7) is 2.74. The molecule has 0 spiro atoms. The Bertz CT molecular complexity index is 353. The molecule has 16 heavy (non-hydrogen) atoms. The van der Waals surface area contributed by atoms with Crippen LogP contribution >= 0.6 is 11.6 Å². The number of hydrogen-bond acceptors (Lipinski definition) is 3. The third-order valence-corrected chi connectivity index (χ3v) is 3.23. The zero-order valence-corrected chi connectivity index (χ0v) is 10.3. The van der Waals surface area contributed by atoms with Crippen LogP contribution in [0.5, 0.6) is 5.88 Å². The standard InChI is InChI=1S/C12H17ClN2O/c1-2-11-14-10(13)8-12(15-11)16-7-6-9-4-3-5-9/h8-9H,2-7H2,1H3. The molecule has 0 aromatic carbocycles. The van der Waals surface area contributed by atoms with Gasteiger partial charge in [0, 0.05) is 12.5 Å². The minimum Gasteiger partial charge on any atom is -0.478 e. The van der Waals surface area contributed by atoms with Gasteiger partial charge in [0.15, 0.2) is 0 Å². The van der Waals surface area contributed by atoms with E-state index < -0.39 is 0 Å². The molecule has 1 aromatic rings. The number of nitrogens with zero attached hydrogens (tertiary/aromatic N) is 2. The van der Waals surface area contributed by atoms with Crippen molar-refractivity contribution in [3.05, 3.63) is 17.0 Å². The molecule has 1 heterocycles. The van der Waals surface area contributed by atoms with E-state index in [9.17, 15) is 0 Å². The van der Waals surface area contributed by atoms with E-state index in [2.05, 4.69) is 9.97 Å². The third kappa shape index (κ3) is 3.08. The summed E-state index contributed by atoms with van der Waals surface area (Å²) >= 11 is 5.88. The van der Waals surface area contributed by atoms with E-state index in [4.69, 9.17) is 16.3 Å². The number of aromatic nitrogens is 2. The lowest BCUT2D eigenvalue weighted by Gasteiger charge is -2.24. The van der Waals surface area contributed by atoms with Gasteiger partial charge in [0.25, 0.3) is 0 Å². The first-order valence-electron chi connectivity index (χ1n) is 5.94. The van der Waals surface area contributed by atoms with Gasteiger partial charge in [-0.25, -0.2) is 4.98 Å². The van der Waals surface area contributed by atoms with Crippen LogP contribution in [0.2, 0.25) is 5.15 Å². The highest BCUT2D eigenvalue weighted by Gasteiger charge is 2.17. The molecule has 0 unspecified atom stereocenters. The fourth-order valence-electron chi connectivity index (χ4n) is 1.79. The maximum atomic E-state index is 5.88. The second-order valence-electron chi connectivity index (χ2n) is 4.23. The average molecular weight is 241 g/mol. The fourth-order valence-corrected chi connectivity index (χ4v) is 1.98. The quantitative estimate of drug-likeness (QED) is 0.741. The van der Waals surface area contributed by atoms with E-state index >= 15 is 0 Å². The highest BCUT2D eigenvalue weighted by Crippen LogP contribution is 2.29. The van der Waals surface area contributed by atoms with Gasteiger partial charge in [-0.15, -0.1) is 0 Å². The Kier molecular flexibility index (Phi) is 3.99. The Morgan fingerprint density at radius 3 is 2.88 bits per heavy atom. The van der Waals surface area contributed by atoms with Crippen molar-refractivity contribution >= 4 is 11.6 Å². The number of hydrogen-bond donors (Lipinski definition) is 0. The second kappa shape index (κ2) is 5.48. The van der Waals surface area contributed by atoms with Crippen molar-refractivity contribution in [2.45, 2.75) is 39.0 Å². The summed E-state index contributed by atoms with van der Waals surface area (Å²) in [5.41, 5.74) is 0. The highest BCUT2D eigenvalue weighted by atomic mass is 35.5. The minimum absolute atomic E-state index is 0.463. The van der Waals surface area contributed by atoms with Crippen LogP contribution < -0.4 is 4.74 Å². The van der Waals surface area contributed by atoms with Gasteiger partial charge in [-0.05, 0) is 12.3 Å². The van der Waals surface area contributed by atoms with Crippen LogP contribution in [0.25, 0.3) is 0 Å². The van der Waals surface area contributed by atoms with E-state index in [1.807, 2.05) is 6.92 Å². The smallest absolute Gasteiger partial charge is 0.218 e. The Morgan fingerprint density at radius 1 is 1.44 bits per heavy atom. The lowest BCUT2D eigenvalue weighted by atomic mass is 9.83. The normalized spacial score (nSPS) is 15.9. The predicted molar refractivity (Wildman–Crippen MR) is 63.9 cm³/mol. The summed E-state index contributed by atoms with van der Waals surface area (Å²) in [4.78, 5) is 8.37. The lowest BCUT2D eigenvalue weighted by molar-refractivity contribution is 0.217. The van der Waals surface area contributed by atoms with E-state index in [-0.39, 0.29) is 0 Å². The zero-order chi connectivity index (χ0) is 11.4. The summed E-state index contributed by atoms with van der Waals surface area (Å²) in [7, 11) is 0. The van der Waals surface area contributed by atoms with Crippen LogP contribution in [0, 0.1) is 5.92 Å². The second-order valence-corrected chi connectivity index (χ2v) is 4.62. The maximum Gasteiger partial charge on any atom is 0.218 e. The van der Waals surface area contributed by atoms with Crippen molar-refractivity contribution in [2.24, 2.45) is 5.92 Å². The first-order chi connectivity index (χ1) is 7.78. The molecule has 0 amide bonds. The molecule has 1 aliphatic rings. The molecule has 2 rings (SSSR count). The van der Waals surface area contributed by atoms with Crippen LogP contribution in [0.1, 0.15) is 38.4 Å². The van der Waals surface area contributed by atoms with E-state index in [0.717, 1.165) is 31.2 Å². The molecule has 1 aliphatic carbocycles. The van der Waals surface area contributed by atoms with Gasteiger partial charge in [0.2, 0.25) is 5.88 Å². The van der Waals surface area contributed by atoms with Gasteiger partial charge in [0.05, 0.1) is 6.61 Å². The molecule has 0 aliphatic heterocycles. The summed E-state index contributed by atoms with van der Waals surface area (Å²) < 4.78 is 5.60. The molecule has 88 valence electrons. The summed E-state index contributed by atoms with van der Waals surface area (Å²) in [6, 6.07) is 1.68. The van der Waals surface area contributed by atoms with Gasteiger partial charge < -0.3 is 4.74 Å². The van der Waals surface area contributed by atoms with Gasteiger partial charge in [-0.3, -0.25) is 0 Å². The van der Waals surface area contributed by atoms with Crippen LogP contribution in [0.4, 0.5) is 0 Å². The molecule has 0 bridgehead atoms. The summed E-state index contributed by atoms with van der Waals surface area (Å²) in [5, 5.41) is 0.463. The molecule has 3 nitrogen and oxygen atoms in total. The van der Waals surface area contributed by atoms with Gasteiger partial charge in [0.1, 0.15) is 11.0 Å². The molecule has 0 N–H and O–H groups in total. The van der Waals surface area contributed by atoms with Crippen molar-refractivity contribution in [1.29, 1.82) is 0 Å². The van der Waals surface area contributed by atoms with Crippen LogP contribution in [-0.4, -0.2) is 16.6 Å². The van der Waals surface area contributed by atoms with Crippen molar-refractivity contribution in [2.75, 3.05) is 6.61 Å². The minimum atomic E-state index is 0.463. The van der Waals surface area contributed by atoms with Crippen LogP contribution in [0.15, 0.2) is 6.07 Å². The summed E-state index contributed by atoms with van der Waals surface area (Å²) in [5.74, 6) is 2.21. The SMILES string of the molecule is CCc1nc(Cl)cc(OCCC2CCC2)n1. The molecule has 1 fully saturated rings. The molecule has 1 saturated carbocycles. The molecular weight excluding hydrogens is 224 g/mol.